The van der Waals surface area contributed by atoms with Crippen LogP contribution in [0.4, 0.5) is 0 Å². The third-order valence-electron chi connectivity index (χ3n) is 6.23. The van der Waals surface area contributed by atoms with Crippen molar-refractivity contribution in [1.29, 1.82) is 0 Å². The fourth-order valence-corrected chi connectivity index (χ4v) is 3.82. The van der Waals surface area contributed by atoms with E-state index in [0.717, 1.165) is 37.6 Å². The van der Waals surface area contributed by atoms with Gasteiger partial charge in [0.05, 0.1) is 26.4 Å². The van der Waals surface area contributed by atoms with Gasteiger partial charge < -0.3 is 14.2 Å². The van der Waals surface area contributed by atoms with Gasteiger partial charge in [-0.3, -0.25) is 0 Å². The molecule has 0 amide bonds. The quantitative estimate of drug-likeness (QED) is 0.240. The van der Waals surface area contributed by atoms with Crippen molar-refractivity contribution in [3.63, 3.8) is 0 Å². The minimum Gasteiger partial charge on any atom is -0.494 e. The predicted octanol–water partition coefficient (Wildman–Crippen LogP) is 8.10. The minimum absolute atomic E-state index is 0.0625. The van der Waals surface area contributed by atoms with E-state index in [1.54, 1.807) is 0 Å². The van der Waals surface area contributed by atoms with Gasteiger partial charge in [0, 0.05) is 10.8 Å². The fourth-order valence-electron chi connectivity index (χ4n) is 3.82. The molecule has 2 rings (SSSR count). The molecule has 3 heteroatoms. The Bertz CT molecular complexity index is 708. The molecule has 33 heavy (non-hydrogen) atoms. The second kappa shape index (κ2) is 13.6. The summed E-state index contributed by atoms with van der Waals surface area (Å²) in [6.07, 6.45) is 7.09. The van der Waals surface area contributed by atoms with Crippen LogP contribution < -0.4 is 9.47 Å². The first-order valence-corrected chi connectivity index (χ1v) is 12.8. The fraction of sp³-hybridized carbons (Fsp3) is 0.600. The van der Waals surface area contributed by atoms with Gasteiger partial charge in [0.25, 0.3) is 0 Å². The van der Waals surface area contributed by atoms with Crippen LogP contribution >= 0.6 is 0 Å². The lowest BCUT2D eigenvalue weighted by atomic mass is 9.84. The van der Waals surface area contributed by atoms with Crippen molar-refractivity contribution in [2.24, 2.45) is 0 Å². The van der Waals surface area contributed by atoms with Crippen molar-refractivity contribution in [1.82, 2.24) is 0 Å². The van der Waals surface area contributed by atoms with Crippen LogP contribution in [0, 0.1) is 0 Å². The molecule has 0 heterocycles. The van der Waals surface area contributed by atoms with E-state index in [1.165, 1.54) is 36.8 Å². The molecule has 0 aliphatic carbocycles. The Morgan fingerprint density at radius 1 is 0.545 bits per heavy atom. The second-order valence-electron chi connectivity index (χ2n) is 10.4. The van der Waals surface area contributed by atoms with Crippen molar-refractivity contribution in [3.8, 4) is 11.5 Å². The smallest absolute Gasteiger partial charge is 0.119 e. The summed E-state index contributed by atoms with van der Waals surface area (Å²) in [4.78, 5) is 0. The van der Waals surface area contributed by atoms with E-state index < -0.39 is 0 Å². The lowest BCUT2D eigenvalue weighted by Crippen LogP contribution is -2.30. The minimum atomic E-state index is -0.0625. The molecule has 3 nitrogen and oxygen atoms in total. The molecular weight excluding hydrogens is 408 g/mol. The maximum absolute atomic E-state index is 6.25. The number of rotatable bonds is 16. The van der Waals surface area contributed by atoms with Crippen molar-refractivity contribution in [2.45, 2.75) is 90.9 Å². The Morgan fingerprint density at radius 2 is 0.909 bits per heavy atom. The molecule has 0 N–H and O–H groups in total. The third kappa shape index (κ3) is 9.41. The molecule has 0 atom stereocenters. The Labute approximate surface area is 202 Å². The van der Waals surface area contributed by atoms with Crippen molar-refractivity contribution < 1.29 is 14.2 Å². The maximum atomic E-state index is 6.25. The molecule has 2 aromatic rings. The number of benzene rings is 2. The molecule has 0 bridgehead atoms. The monoisotopic (exact) mass is 454 g/mol. The Balaban J connectivity index is 1.83. The molecule has 0 spiro atoms. The largest absolute Gasteiger partial charge is 0.494 e. The first-order valence-electron chi connectivity index (χ1n) is 12.8. The van der Waals surface area contributed by atoms with Crippen LogP contribution in [0.2, 0.25) is 0 Å². The zero-order valence-electron chi connectivity index (χ0n) is 21.9. The molecule has 0 fully saturated rings. The van der Waals surface area contributed by atoms with Crippen LogP contribution in [0.25, 0.3) is 0 Å². The third-order valence-corrected chi connectivity index (χ3v) is 6.23. The Kier molecular flexibility index (Phi) is 11.3. The zero-order valence-corrected chi connectivity index (χ0v) is 21.9. The van der Waals surface area contributed by atoms with Crippen LogP contribution in [0.5, 0.6) is 11.5 Å². The molecule has 0 radical (unpaired) electrons. The van der Waals surface area contributed by atoms with Crippen LogP contribution in [-0.4, -0.2) is 26.4 Å². The highest BCUT2D eigenvalue weighted by molar-refractivity contribution is 5.33. The van der Waals surface area contributed by atoms with Gasteiger partial charge in [-0.25, -0.2) is 0 Å². The summed E-state index contributed by atoms with van der Waals surface area (Å²) < 4.78 is 18.0. The van der Waals surface area contributed by atoms with E-state index in [9.17, 15) is 0 Å². The van der Waals surface area contributed by atoms with Crippen LogP contribution in [-0.2, 0) is 15.6 Å². The van der Waals surface area contributed by atoms with Gasteiger partial charge in [0.15, 0.2) is 0 Å². The number of ether oxygens (including phenoxy) is 3. The van der Waals surface area contributed by atoms with E-state index in [0.29, 0.717) is 13.2 Å². The molecule has 0 saturated carbocycles. The van der Waals surface area contributed by atoms with E-state index in [2.05, 4.69) is 90.1 Å². The molecule has 2 aromatic carbocycles. The van der Waals surface area contributed by atoms with Gasteiger partial charge in [0.1, 0.15) is 11.5 Å². The van der Waals surface area contributed by atoms with Crippen LogP contribution in [0.1, 0.15) is 91.2 Å². The summed E-state index contributed by atoms with van der Waals surface area (Å²) in [6.45, 7) is 16.3. The molecule has 0 aromatic heterocycles. The first-order chi connectivity index (χ1) is 15.8. The number of hydrogen-bond acceptors (Lipinski definition) is 3. The van der Waals surface area contributed by atoms with E-state index >= 15 is 0 Å². The van der Waals surface area contributed by atoms with Gasteiger partial charge in [-0.05, 0) is 48.2 Å². The predicted molar refractivity (Wildman–Crippen MR) is 140 cm³/mol. The Hall–Kier alpha value is -2.00. The van der Waals surface area contributed by atoms with E-state index in [1.807, 2.05) is 0 Å². The topological polar surface area (TPSA) is 27.7 Å². The molecule has 0 unspecified atom stereocenters. The molecule has 0 aliphatic rings. The summed E-state index contributed by atoms with van der Waals surface area (Å²) in [5.41, 5.74) is 2.41. The standard InChI is InChI=1S/C30H46O3/c1-7-9-11-21-32-27-17-13-25(14-18-27)29(3,4)23-31-24-30(5,6)26-15-19-28(20-16-26)33-22-12-10-8-2/h13-20H,7-12,21-24H2,1-6H3. The first kappa shape index (κ1) is 27.2. The summed E-state index contributed by atoms with van der Waals surface area (Å²) in [5, 5.41) is 0. The van der Waals surface area contributed by atoms with Gasteiger partial charge in [-0.15, -0.1) is 0 Å². The number of unbranched alkanes of at least 4 members (excludes halogenated alkanes) is 4. The van der Waals surface area contributed by atoms with Gasteiger partial charge in [-0.1, -0.05) is 91.5 Å². The molecule has 184 valence electrons. The Morgan fingerprint density at radius 3 is 1.24 bits per heavy atom. The lowest BCUT2D eigenvalue weighted by molar-refractivity contribution is 0.0633. The van der Waals surface area contributed by atoms with Gasteiger partial charge in [0.2, 0.25) is 0 Å². The summed E-state index contributed by atoms with van der Waals surface area (Å²) >= 11 is 0. The highest BCUT2D eigenvalue weighted by atomic mass is 16.5. The van der Waals surface area contributed by atoms with Gasteiger partial charge in [-0.2, -0.15) is 0 Å². The van der Waals surface area contributed by atoms with Crippen LogP contribution in [0.3, 0.4) is 0 Å². The van der Waals surface area contributed by atoms with Gasteiger partial charge >= 0.3 is 0 Å². The number of hydrogen-bond donors (Lipinski definition) is 0. The summed E-state index contributed by atoms with van der Waals surface area (Å²) in [6, 6.07) is 17.0. The molecule has 0 aliphatic heterocycles. The van der Waals surface area contributed by atoms with E-state index in [4.69, 9.17) is 14.2 Å². The average molecular weight is 455 g/mol. The normalized spacial score (nSPS) is 12.1. The second-order valence-corrected chi connectivity index (χ2v) is 10.4. The SMILES string of the molecule is CCCCCOc1ccc(C(C)(C)COCC(C)(C)c2ccc(OCCCCC)cc2)cc1. The lowest BCUT2D eigenvalue weighted by Gasteiger charge is -2.30. The highest BCUT2D eigenvalue weighted by Gasteiger charge is 2.25. The van der Waals surface area contributed by atoms with Crippen molar-refractivity contribution >= 4 is 0 Å². The summed E-state index contributed by atoms with van der Waals surface area (Å²) in [7, 11) is 0. The summed E-state index contributed by atoms with van der Waals surface area (Å²) in [5.74, 6) is 1.90. The average Bonchev–Trinajstić information content (AvgIpc) is 2.80. The molecule has 0 saturated heterocycles. The van der Waals surface area contributed by atoms with Crippen LogP contribution in [0.15, 0.2) is 48.5 Å². The van der Waals surface area contributed by atoms with Crippen molar-refractivity contribution in [2.75, 3.05) is 26.4 Å². The highest BCUT2D eigenvalue weighted by Crippen LogP contribution is 2.29. The zero-order chi connectivity index (χ0) is 24.2. The molecular formula is C30H46O3. The van der Waals surface area contributed by atoms with E-state index in [-0.39, 0.29) is 10.8 Å². The maximum Gasteiger partial charge on any atom is 0.119 e. The van der Waals surface area contributed by atoms with Crippen molar-refractivity contribution in [3.05, 3.63) is 59.7 Å².